The first-order chi connectivity index (χ1) is 15.7. The molecule has 0 aliphatic heterocycles. The van der Waals surface area contributed by atoms with Crippen LogP contribution in [0.3, 0.4) is 0 Å². The number of ether oxygens (including phenoxy) is 2. The molecule has 3 aromatic carbocycles. The van der Waals surface area contributed by atoms with Gasteiger partial charge in [0.1, 0.15) is 29.5 Å². The van der Waals surface area contributed by atoms with Crippen LogP contribution in [-0.4, -0.2) is 18.1 Å². The molecule has 0 radical (unpaired) electrons. The van der Waals surface area contributed by atoms with Crippen LogP contribution in [0, 0.1) is 12.7 Å². The Balaban J connectivity index is 1.99. The number of benzene rings is 3. The fourth-order valence-electron chi connectivity index (χ4n) is 3.39. The lowest BCUT2D eigenvalue weighted by atomic mass is 10.00. The van der Waals surface area contributed by atoms with Crippen molar-refractivity contribution in [3.8, 4) is 11.5 Å². The molecule has 6 heteroatoms. The van der Waals surface area contributed by atoms with Crippen molar-refractivity contribution in [1.29, 1.82) is 0 Å². The Morgan fingerprint density at radius 3 is 2.24 bits per heavy atom. The fraction of sp³-hybridized carbons (Fsp3) is 0.296. The number of nitrogens with one attached hydrogen (secondary N) is 1. The van der Waals surface area contributed by atoms with Gasteiger partial charge in [0, 0.05) is 16.7 Å². The Kier molecular flexibility index (Phi) is 8.27. The first-order valence-corrected chi connectivity index (χ1v) is 11.7. The largest absolute Gasteiger partial charge is 0.487 e. The van der Waals surface area contributed by atoms with Crippen LogP contribution < -0.4 is 14.8 Å². The number of esters is 1. The van der Waals surface area contributed by atoms with E-state index in [0.717, 1.165) is 5.56 Å². The lowest BCUT2D eigenvalue weighted by Crippen LogP contribution is -2.37. The maximum absolute atomic E-state index is 15.5. The molecule has 0 fully saturated rings. The van der Waals surface area contributed by atoms with E-state index in [0.29, 0.717) is 28.8 Å². The molecular weight excluding hydrogens is 485 g/mol. The van der Waals surface area contributed by atoms with Crippen molar-refractivity contribution in [1.82, 2.24) is 5.32 Å². The average molecular weight is 514 g/mol. The molecule has 0 amide bonds. The van der Waals surface area contributed by atoms with Crippen LogP contribution in [0.4, 0.5) is 4.39 Å². The normalized spacial score (nSPS) is 11.3. The second-order valence-electron chi connectivity index (χ2n) is 8.84. The predicted octanol–water partition coefficient (Wildman–Crippen LogP) is 6.63. The number of rotatable bonds is 8. The molecule has 0 unspecified atom stereocenters. The van der Waals surface area contributed by atoms with Crippen molar-refractivity contribution >= 4 is 21.9 Å². The van der Waals surface area contributed by atoms with E-state index < -0.39 is 11.8 Å². The first kappa shape index (κ1) is 24.9. The van der Waals surface area contributed by atoms with Gasteiger partial charge in [0.2, 0.25) is 0 Å². The van der Waals surface area contributed by atoms with Gasteiger partial charge in [-0.2, -0.15) is 0 Å². The van der Waals surface area contributed by atoms with Crippen LogP contribution >= 0.6 is 15.9 Å². The molecule has 0 bridgehead atoms. The Bertz CT molecular complexity index is 1100. The molecule has 3 aromatic rings. The molecule has 0 saturated carbocycles. The van der Waals surface area contributed by atoms with Crippen LogP contribution in [0.2, 0.25) is 0 Å². The molecule has 3 rings (SSSR count). The third kappa shape index (κ3) is 6.65. The number of halogens is 2. The summed E-state index contributed by atoms with van der Waals surface area (Å²) in [4.78, 5) is 13.1. The van der Waals surface area contributed by atoms with Crippen molar-refractivity contribution in [2.45, 2.75) is 46.3 Å². The molecule has 0 aromatic heterocycles. The number of para-hydroxylation sites is 1. The summed E-state index contributed by atoms with van der Waals surface area (Å²) < 4.78 is 27.5. The van der Waals surface area contributed by atoms with Gasteiger partial charge in [-0.05, 0) is 74.3 Å². The summed E-state index contributed by atoms with van der Waals surface area (Å²) >= 11 is 3.52. The summed E-state index contributed by atoms with van der Waals surface area (Å²) in [5, 5.41) is 3.37. The van der Waals surface area contributed by atoms with E-state index >= 15 is 4.39 Å². The smallest absolute Gasteiger partial charge is 0.347 e. The quantitative estimate of drug-likeness (QED) is 0.271. The third-order valence-corrected chi connectivity index (χ3v) is 5.91. The topological polar surface area (TPSA) is 47.6 Å². The first-order valence-electron chi connectivity index (χ1n) is 10.9. The minimum atomic E-state index is -0.666. The number of carbonyl (C=O) groups excluding carboxylic acids is 1. The summed E-state index contributed by atoms with van der Waals surface area (Å²) in [6.07, 6.45) is 0.431. The van der Waals surface area contributed by atoms with Gasteiger partial charge in [0.25, 0.3) is 0 Å². The highest BCUT2D eigenvalue weighted by atomic mass is 79.9. The summed E-state index contributed by atoms with van der Waals surface area (Å²) in [5.74, 6) is -0.444. The van der Waals surface area contributed by atoms with Gasteiger partial charge in [-0.25, -0.2) is 9.18 Å². The summed E-state index contributed by atoms with van der Waals surface area (Å²) in [7, 11) is 0. The van der Waals surface area contributed by atoms with E-state index in [4.69, 9.17) is 9.47 Å². The van der Waals surface area contributed by atoms with Gasteiger partial charge in [-0.3, -0.25) is 0 Å². The van der Waals surface area contributed by atoms with Crippen molar-refractivity contribution in [3.63, 3.8) is 0 Å². The van der Waals surface area contributed by atoms with Crippen molar-refractivity contribution in [2.24, 2.45) is 0 Å². The average Bonchev–Trinajstić information content (AvgIpc) is 2.78. The lowest BCUT2D eigenvalue weighted by Gasteiger charge is -2.22. The maximum Gasteiger partial charge on any atom is 0.347 e. The monoisotopic (exact) mass is 513 g/mol. The Morgan fingerprint density at radius 2 is 1.64 bits per heavy atom. The number of hydrogen-bond acceptors (Lipinski definition) is 4. The zero-order valence-electron chi connectivity index (χ0n) is 19.4. The van der Waals surface area contributed by atoms with Gasteiger partial charge < -0.3 is 14.8 Å². The highest BCUT2D eigenvalue weighted by Gasteiger charge is 2.28. The Labute approximate surface area is 203 Å². The van der Waals surface area contributed by atoms with Gasteiger partial charge in [0.15, 0.2) is 0 Å². The van der Waals surface area contributed by atoms with E-state index in [2.05, 4.69) is 42.0 Å². The van der Waals surface area contributed by atoms with E-state index in [1.165, 1.54) is 0 Å². The molecule has 4 nitrogen and oxygen atoms in total. The minimum Gasteiger partial charge on any atom is -0.487 e. The van der Waals surface area contributed by atoms with E-state index in [-0.39, 0.29) is 29.0 Å². The van der Waals surface area contributed by atoms with E-state index in [9.17, 15) is 4.79 Å². The number of carbonyl (C=O) groups is 1. The highest BCUT2D eigenvalue weighted by molar-refractivity contribution is 9.10. The van der Waals surface area contributed by atoms with Gasteiger partial charge in [0.05, 0.1) is 4.47 Å². The van der Waals surface area contributed by atoms with Crippen LogP contribution in [0.5, 0.6) is 11.5 Å². The second-order valence-corrected chi connectivity index (χ2v) is 9.63. The van der Waals surface area contributed by atoms with Gasteiger partial charge in [-0.1, -0.05) is 48.5 Å². The molecule has 0 spiro atoms. The zero-order valence-corrected chi connectivity index (χ0v) is 21.0. The van der Waals surface area contributed by atoms with Gasteiger partial charge in [-0.15, -0.1) is 0 Å². The van der Waals surface area contributed by atoms with Crippen LogP contribution in [0.25, 0.3) is 0 Å². The van der Waals surface area contributed by atoms with Crippen LogP contribution in [0.1, 0.15) is 47.8 Å². The third-order valence-electron chi connectivity index (χ3n) is 5.07. The molecule has 0 heterocycles. The fourth-order valence-corrected chi connectivity index (χ4v) is 4.07. The molecular formula is C27H29BrFNO3. The summed E-state index contributed by atoms with van der Waals surface area (Å²) in [5.41, 5.74) is 1.58. The lowest BCUT2D eigenvalue weighted by molar-refractivity contribution is 0.0728. The molecule has 0 aliphatic carbocycles. The SMILES string of the molecule is Cc1c(F)c(CCNC(C)(C)C)c(Br)c(OCc2ccccc2)c1C(=O)Oc1ccccc1. The molecule has 0 aliphatic rings. The second kappa shape index (κ2) is 10.9. The minimum absolute atomic E-state index is 0.0756. The molecule has 174 valence electrons. The van der Waals surface area contributed by atoms with Gasteiger partial charge >= 0.3 is 5.97 Å². The molecule has 33 heavy (non-hydrogen) atoms. The zero-order chi connectivity index (χ0) is 24.0. The summed E-state index contributed by atoms with van der Waals surface area (Å²) in [6.45, 7) is 8.56. The van der Waals surface area contributed by atoms with E-state index in [1.807, 2.05) is 36.4 Å². The number of hydrogen-bond donors (Lipinski definition) is 1. The van der Waals surface area contributed by atoms with Crippen molar-refractivity contribution < 1.29 is 18.7 Å². The summed E-state index contributed by atoms with van der Waals surface area (Å²) in [6, 6.07) is 18.3. The van der Waals surface area contributed by atoms with E-state index in [1.54, 1.807) is 31.2 Å². The molecule has 0 atom stereocenters. The van der Waals surface area contributed by atoms with Crippen LogP contribution in [-0.2, 0) is 13.0 Å². The van der Waals surface area contributed by atoms with Crippen molar-refractivity contribution in [2.75, 3.05) is 6.54 Å². The Hall–Kier alpha value is -2.70. The van der Waals surface area contributed by atoms with Crippen LogP contribution in [0.15, 0.2) is 65.1 Å². The molecule has 0 saturated heterocycles. The standard InChI is InChI=1S/C27H29BrFNO3/c1-18-22(26(31)33-20-13-9-6-10-14-20)25(32-17-19-11-7-5-8-12-19)23(28)21(24(18)29)15-16-30-27(2,3)4/h5-14,30H,15-17H2,1-4H3. The maximum atomic E-state index is 15.5. The van der Waals surface area contributed by atoms with Crippen molar-refractivity contribution in [3.05, 3.63) is 93.2 Å². The Morgan fingerprint density at radius 1 is 1.03 bits per heavy atom. The highest BCUT2D eigenvalue weighted by Crippen LogP contribution is 2.39. The predicted molar refractivity (Wildman–Crippen MR) is 132 cm³/mol. The molecule has 1 N–H and O–H groups in total.